The molecule has 0 saturated heterocycles. The maximum absolute atomic E-state index is 13.4. The van der Waals surface area contributed by atoms with Gasteiger partial charge in [-0.05, 0) is 30.2 Å². The van der Waals surface area contributed by atoms with E-state index < -0.39 is 12.9 Å². The number of ether oxygens (including phenoxy) is 1. The second-order valence-electron chi connectivity index (χ2n) is 4.29. The van der Waals surface area contributed by atoms with Crippen molar-refractivity contribution in [1.29, 1.82) is 0 Å². The summed E-state index contributed by atoms with van der Waals surface area (Å²) in [5.41, 5.74) is 1.37. The van der Waals surface area contributed by atoms with Gasteiger partial charge in [0.15, 0.2) is 0 Å². The van der Waals surface area contributed by atoms with Crippen LogP contribution in [0.2, 0.25) is 0 Å². The topological polar surface area (TPSA) is 49.7 Å². The fourth-order valence-electron chi connectivity index (χ4n) is 1.73. The van der Waals surface area contributed by atoms with E-state index in [1.165, 1.54) is 6.07 Å². The minimum Gasteiger partial charge on any atom is -0.489 e. The van der Waals surface area contributed by atoms with Gasteiger partial charge >= 0.3 is 7.12 Å². The summed E-state index contributed by atoms with van der Waals surface area (Å²) in [6.07, 6.45) is 0. The lowest BCUT2D eigenvalue weighted by Gasteiger charge is -2.12. The van der Waals surface area contributed by atoms with E-state index in [1.54, 1.807) is 6.92 Å². The van der Waals surface area contributed by atoms with Crippen LogP contribution in [0.4, 0.5) is 4.39 Å². The van der Waals surface area contributed by atoms with Crippen molar-refractivity contribution < 1.29 is 19.2 Å². The zero-order chi connectivity index (χ0) is 13.8. The lowest BCUT2D eigenvalue weighted by Crippen LogP contribution is -2.32. The number of benzene rings is 2. The molecule has 0 fully saturated rings. The van der Waals surface area contributed by atoms with Gasteiger partial charge in [0.2, 0.25) is 0 Å². The highest BCUT2D eigenvalue weighted by molar-refractivity contribution is 6.59. The normalized spacial score (nSPS) is 10.3. The van der Waals surface area contributed by atoms with Crippen LogP contribution >= 0.6 is 0 Å². The number of halogens is 1. The summed E-state index contributed by atoms with van der Waals surface area (Å²) < 4.78 is 18.9. The molecule has 2 aromatic carbocycles. The lowest BCUT2D eigenvalue weighted by atomic mass is 9.79. The molecule has 0 amide bonds. The van der Waals surface area contributed by atoms with Gasteiger partial charge in [0.1, 0.15) is 18.2 Å². The Labute approximate surface area is 111 Å². The Kier molecular flexibility index (Phi) is 4.19. The first kappa shape index (κ1) is 13.6. The predicted molar refractivity (Wildman–Crippen MR) is 71.7 cm³/mol. The van der Waals surface area contributed by atoms with E-state index in [0.717, 1.165) is 11.6 Å². The van der Waals surface area contributed by atoms with Crippen LogP contribution in [0.5, 0.6) is 5.75 Å². The van der Waals surface area contributed by atoms with E-state index in [2.05, 4.69) is 0 Å². The minimum absolute atomic E-state index is 0.0269. The van der Waals surface area contributed by atoms with Crippen LogP contribution in [0.25, 0.3) is 0 Å². The highest BCUT2D eigenvalue weighted by Gasteiger charge is 2.19. The van der Waals surface area contributed by atoms with E-state index in [-0.39, 0.29) is 17.8 Å². The molecule has 0 aromatic heterocycles. The molecule has 2 N–H and O–H groups in total. The Morgan fingerprint density at radius 1 is 1.16 bits per heavy atom. The van der Waals surface area contributed by atoms with Gasteiger partial charge in [-0.1, -0.05) is 30.3 Å². The molecular weight excluding hydrogens is 246 g/mol. The molecule has 0 aliphatic rings. The van der Waals surface area contributed by atoms with Crippen LogP contribution in [0.15, 0.2) is 42.5 Å². The predicted octanol–water partition coefficient (Wildman–Crippen LogP) is 1.39. The van der Waals surface area contributed by atoms with Gasteiger partial charge in [-0.25, -0.2) is 4.39 Å². The third-order valence-electron chi connectivity index (χ3n) is 2.81. The molecule has 0 aliphatic carbocycles. The summed E-state index contributed by atoms with van der Waals surface area (Å²) in [5.74, 6) is -0.215. The van der Waals surface area contributed by atoms with Crippen LogP contribution in [0.3, 0.4) is 0 Å². The van der Waals surface area contributed by atoms with Crippen LogP contribution in [-0.2, 0) is 6.61 Å². The molecule has 0 atom stereocenters. The van der Waals surface area contributed by atoms with E-state index in [0.29, 0.717) is 5.56 Å². The molecule has 19 heavy (non-hydrogen) atoms. The quantitative estimate of drug-likeness (QED) is 0.817. The zero-order valence-electron chi connectivity index (χ0n) is 10.5. The standard InChI is InChI=1S/C14H14BFO3/c1-10-7-14(12(15(17)18)8-13(10)16)19-9-11-5-3-2-4-6-11/h2-8,17-18H,9H2,1H3. The maximum Gasteiger partial charge on any atom is 0.492 e. The van der Waals surface area contributed by atoms with E-state index >= 15 is 0 Å². The Balaban J connectivity index is 2.22. The van der Waals surface area contributed by atoms with Crippen LogP contribution in [0.1, 0.15) is 11.1 Å². The first-order valence-electron chi connectivity index (χ1n) is 5.91. The summed E-state index contributed by atoms with van der Waals surface area (Å²) in [5, 5.41) is 18.5. The lowest BCUT2D eigenvalue weighted by molar-refractivity contribution is 0.306. The van der Waals surface area contributed by atoms with Crippen molar-refractivity contribution in [3.8, 4) is 5.75 Å². The van der Waals surface area contributed by atoms with Gasteiger partial charge in [-0.2, -0.15) is 0 Å². The first-order valence-corrected chi connectivity index (χ1v) is 5.91. The van der Waals surface area contributed by atoms with Crippen molar-refractivity contribution >= 4 is 12.6 Å². The highest BCUT2D eigenvalue weighted by atomic mass is 19.1. The number of rotatable bonds is 4. The molecule has 0 spiro atoms. The van der Waals surface area contributed by atoms with Crippen molar-refractivity contribution in [2.45, 2.75) is 13.5 Å². The van der Waals surface area contributed by atoms with Gasteiger partial charge in [0, 0.05) is 5.46 Å². The summed E-state index contributed by atoms with van der Waals surface area (Å²) in [4.78, 5) is 0. The van der Waals surface area contributed by atoms with Crippen molar-refractivity contribution in [3.05, 3.63) is 59.4 Å². The molecule has 0 aliphatic heterocycles. The average Bonchev–Trinajstić information content (AvgIpc) is 2.40. The fourth-order valence-corrected chi connectivity index (χ4v) is 1.73. The number of hydrogen-bond acceptors (Lipinski definition) is 3. The fraction of sp³-hybridized carbons (Fsp3) is 0.143. The molecule has 0 radical (unpaired) electrons. The molecule has 2 aromatic rings. The Morgan fingerprint density at radius 3 is 2.47 bits per heavy atom. The van der Waals surface area contributed by atoms with Crippen molar-refractivity contribution in [2.75, 3.05) is 0 Å². The molecule has 3 nitrogen and oxygen atoms in total. The monoisotopic (exact) mass is 260 g/mol. The second kappa shape index (κ2) is 5.86. The Bertz CT molecular complexity index is 558. The number of hydrogen-bond donors (Lipinski definition) is 2. The van der Waals surface area contributed by atoms with Crippen molar-refractivity contribution in [1.82, 2.24) is 0 Å². The highest BCUT2D eigenvalue weighted by Crippen LogP contribution is 2.16. The molecular formula is C14H14BFO3. The Morgan fingerprint density at radius 2 is 1.84 bits per heavy atom. The third kappa shape index (κ3) is 3.33. The summed E-state index contributed by atoms with van der Waals surface area (Å²) in [7, 11) is -1.76. The van der Waals surface area contributed by atoms with Crippen LogP contribution in [-0.4, -0.2) is 17.2 Å². The van der Waals surface area contributed by atoms with E-state index in [9.17, 15) is 14.4 Å². The van der Waals surface area contributed by atoms with Crippen LogP contribution < -0.4 is 10.2 Å². The molecule has 0 saturated carbocycles. The smallest absolute Gasteiger partial charge is 0.489 e. The van der Waals surface area contributed by atoms with Crippen molar-refractivity contribution in [2.24, 2.45) is 0 Å². The van der Waals surface area contributed by atoms with E-state index in [1.807, 2.05) is 30.3 Å². The molecule has 5 heteroatoms. The molecule has 0 unspecified atom stereocenters. The average molecular weight is 260 g/mol. The minimum atomic E-state index is -1.76. The number of aryl methyl sites for hydroxylation is 1. The first-order chi connectivity index (χ1) is 9.08. The summed E-state index contributed by atoms with van der Waals surface area (Å²) in [6.45, 7) is 1.88. The zero-order valence-corrected chi connectivity index (χ0v) is 10.5. The van der Waals surface area contributed by atoms with Gasteiger partial charge in [0.25, 0.3) is 0 Å². The van der Waals surface area contributed by atoms with Gasteiger partial charge < -0.3 is 14.8 Å². The van der Waals surface area contributed by atoms with Gasteiger partial charge in [-0.15, -0.1) is 0 Å². The third-order valence-corrected chi connectivity index (χ3v) is 2.81. The van der Waals surface area contributed by atoms with E-state index in [4.69, 9.17) is 4.74 Å². The molecule has 0 heterocycles. The largest absolute Gasteiger partial charge is 0.492 e. The molecule has 98 valence electrons. The summed E-state index contributed by atoms with van der Waals surface area (Å²) >= 11 is 0. The van der Waals surface area contributed by atoms with Crippen LogP contribution in [0, 0.1) is 12.7 Å². The second-order valence-corrected chi connectivity index (χ2v) is 4.29. The van der Waals surface area contributed by atoms with Gasteiger partial charge in [-0.3, -0.25) is 0 Å². The summed E-state index contributed by atoms with van der Waals surface area (Å²) in [6, 6.07) is 12.0. The van der Waals surface area contributed by atoms with Crippen molar-refractivity contribution in [3.63, 3.8) is 0 Å². The maximum atomic E-state index is 13.4. The van der Waals surface area contributed by atoms with Gasteiger partial charge in [0.05, 0.1) is 0 Å². The Hall–Kier alpha value is -1.85. The SMILES string of the molecule is Cc1cc(OCc2ccccc2)c(B(O)O)cc1F. The molecule has 2 rings (SSSR count). The molecule has 0 bridgehead atoms.